The molecule has 1 aromatic carbocycles. The van der Waals surface area contributed by atoms with Crippen molar-refractivity contribution < 1.29 is 5.11 Å². The highest BCUT2D eigenvalue weighted by Crippen LogP contribution is 2.29. The lowest BCUT2D eigenvalue weighted by atomic mass is 9.93. The number of hydrogen-bond donors (Lipinski definition) is 1. The number of aliphatic hydroxyl groups is 1. The molecule has 1 heterocycles. The Balaban J connectivity index is 1.71. The van der Waals surface area contributed by atoms with Crippen molar-refractivity contribution in [2.75, 3.05) is 0 Å². The van der Waals surface area contributed by atoms with E-state index in [0.717, 1.165) is 25.9 Å². The summed E-state index contributed by atoms with van der Waals surface area (Å²) in [5, 5.41) is 10.4. The van der Waals surface area contributed by atoms with Crippen LogP contribution in [0.4, 0.5) is 0 Å². The number of rotatable bonds is 1. The predicted octanol–water partition coefficient (Wildman–Crippen LogP) is 3.09. The van der Waals surface area contributed by atoms with E-state index < -0.39 is 0 Å². The molecule has 18 heavy (non-hydrogen) atoms. The maximum absolute atomic E-state index is 10.4. The van der Waals surface area contributed by atoms with E-state index in [9.17, 15) is 5.11 Å². The first-order valence-electron chi connectivity index (χ1n) is 7.33. The fraction of sp³-hybridized carbons (Fsp3) is 0.625. The summed E-state index contributed by atoms with van der Waals surface area (Å²) < 4.78 is 0. The molecule has 0 bridgehead atoms. The van der Waals surface area contributed by atoms with Crippen LogP contribution in [0, 0.1) is 0 Å². The summed E-state index contributed by atoms with van der Waals surface area (Å²) >= 11 is 0. The Bertz CT molecular complexity index is 379. The molecule has 0 aromatic heterocycles. The van der Waals surface area contributed by atoms with Gasteiger partial charge in [-0.3, -0.25) is 4.90 Å². The van der Waals surface area contributed by atoms with Gasteiger partial charge in [-0.2, -0.15) is 0 Å². The van der Waals surface area contributed by atoms with Gasteiger partial charge in [-0.25, -0.2) is 0 Å². The molecule has 98 valence electrons. The maximum atomic E-state index is 10.4. The molecule has 2 nitrogen and oxygen atoms in total. The molecule has 0 spiro atoms. The standard InChI is InChI=1S/C16H23NO/c18-16-10-4-2-1-3-9-15(16)17-11-13-7-5-6-8-14(13)12-17/h5-8,15-16,18H,1-4,9-12H2. The van der Waals surface area contributed by atoms with E-state index in [2.05, 4.69) is 29.2 Å². The molecule has 1 aliphatic carbocycles. The van der Waals surface area contributed by atoms with Gasteiger partial charge in [0.25, 0.3) is 0 Å². The van der Waals surface area contributed by atoms with Crippen LogP contribution in [0.1, 0.15) is 49.7 Å². The summed E-state index contributed by atoms with van der Waals surface area (Å²) in [7, 11) is 0. The number of fused-ring (bicyclic) bond motifs is 1. The van der Waals surface area contributed by atoms with Gasteiger partial charge in [0, 0.05) is 19.1 Å². The van der Waals surface area contributed by atoms with Crippen LogP contribution >= 0.6 is 0 Å². The number of benzene rings is 1. The number of hydrogen-bond acceptors (Lipinski definition) is 2. The Morgan fingerprint density at radius 2 is 1.50 bits per heavy atom. The van der Waals surface area contributed by atoms with Crippen molar-refractivity contribution in [3.8, 4) is 0 Å². The Labute approximate surface area is 110 Å². The van der Waals surface area contributed by atoms with Crippen LogP contribution in [0.2, 0.25) is 0 Å². The van der Waals surface area contributed by atoms with Gasteiger partial charge in [-0.1, -0.05) is 49.9 Å². The van der Waals surface area contributed by atoms with Crippen molar-refractivity contribution in [2.45, 2.75) is 63.8 Å². The third-order valence-electron chi connectivity index (χ3n) is 4.53. The van der Waals surface area contributed by atoms with Gasteiger partial charge < -0.3 is 5.11 Å². The second kappa shape index (κ2) is 5.41. The highest BCUT2D eigenvalue weighted by atomic mass is 16.3. The number of aliphatic hydroxyl groups excluding tert-OH is 1. The topological polar surface area (TPSA) is 23.5 Å². The summed E-state index contributed by atoms with van der Waals surface area (Å²) in [5.74, 6) is 0. The first kappa shape index (κ1) is 12.2. The summed E-state index contributed by atoms with van der Waals surface area (Å²) in [4.78, 5) is 2.49. The smallest absolute Gasteiger partial charge is 0.0695 e. The molecular weight excluding hydrogens is 222 g/mol. The second-order valence-electron chi connectivity index (χ2n) is 5.80. The summed E-state index contributed by atoms with van der Waals surface area (Å²) in [5.41, 5.74) is 2.90. The van der Waals surface area contributed by atoms with Crippen molar-refractivity contribution in [3.63, 3.8) is 0 Å². The quantitative estimate of drug-likeness (QED) is 0.822. The highest BCUT2D eigenvalue weighted by Gasteiger charge is 2.30. The third-order valence-corrected chi connectivity index (χ3v) is 4.53. The monoisotopic (exact) mass is 245 g/mol. The molecule has 1 aliphatic heterocycles. The molecule has 2 atom stereocenters. The van der Waals surface area contributed by atoms with Crippen molar-refractivity contribution in [3.05, 3.63) is 35.4 Å². The van der Waals surface area contributed by atoms with E-state index in [1.807, 2.05) is 0 Å². The van der Waals surface area contributed by atoms with Gasteiger partial charge in [-0.05, 0) is 24.0 Å². The molecule has 0 radical (unpaired) electrons. The van der Waals surface area contributed by atoms with E-state index in [1.165, 1.54) is 36.8 Å². The minimum atomic E-state index is -0.125. The van der Waals surface area contributed by atoms with Crippen LogP contribution in [0.15, 0.2) is 24.3 Å². The SMILES string of the molecule is OC1CCCCCCC1N1Cc2ccccc2C1. The molecular formula is C16H23NO. The van der Waals surface area contributed by atoms with Gasteiger partial charge >= 0.3 is 0 Å². The van der Waals surface area contributed by atoms with Crippen molar-refractivity contribution in [1.29, 1.82) is 0 Å². The fourth-order valence-electron chi connectivity index (χ4n) is 3.47. The molecule has 1 aromatic rings. The molecule has 1 fully saturated rings. The molecule has 1 N–H and O–H groups in total. The van der Waals surface area contributed by atoms with Crippen molar-refractivity contribution in [1.82, 2.24) is 4.90 Å². The van der Waals surface area contributed by atoms with Crippen LogP contribution < -0.4 is 0 Å². The minimum absolute atomic E-state index is 0.125. The minimum Gasteiger partial charge on any atom is -0.391 e. The average molecular weight is 245 g/mol. The van der Waals surface area contributed by atoms with Gasteiger partial charge in [0.15, 0.2) is 0 Å². The Kier molecular flexibility index (Phi) is 3.67. The van der Waals surface area contributed by atoms with E-state index in [4.69, 9.17) is 0 Å². The van der Waals surface area contributed by atoms with Crippen LogP contribution in [0.5, 0.6) is 0 Å². The zero-order chi connectivity index (χ0) is 12.4. The molecule has 2 aliphatic rings. The fourth-order valence-corrected chi connectivity index (χ4v) is 3.47. The van der Waals surface area contributed by atoms with Crippen LogP contribution in [0.25, 0.3) is 0 Å². The molecule has 0 saturated heterocycles. The van der Waals surface area contributed by atoms with Gasteiger partial charge in [0.1, 0.15) is 0 Å². The normalized spacial score (nSPS) is 29.6. The lowest BCUT2D eigenvalue weighted by Gasteiger charge is -2.33. The largest absolute Gasteiger partial charge is 0.391 e. The first-order valence-corrected chi connectivity index (χ1v) is 7.33. The van der Waals surface area contributed by atoms with E-state index >= 15 is 0 Å². The van der Waals surface area contributed by atoms with Gasteiger partial charge in [-0.15, -0.1) is 0 Å². The lowest BCUT2D eigenvalue weighted by molar-refractivity contribution is 0.0291. The Morgan fingerprint density at radius 1 is 0.889 bits per heavy atom. The summed E-state index contributed by atoms with van der Waals surface area (Å²) in [6.45, 7) is 2.05. The van der Waals surface area contributed by atoms with Gasteiger partial charge in [0.2, 0.25) is 0 Å². The molecule has 3 rings (SSSR count). The van der Waals surface area contributed by atoms with Gasteiger partial charge in [0.05, 0.1) is 6.10 Å². The summed E-state index contributed by atoms with van der Waals surface area (Å²) in [6, 6.07) is 9.07. The number of nitrogens with zero attached hydrogens (tertiary/aromatic N) is 1. The lowest BCUT2D eigenvalue weighted by Crippen LogP contribution is -2.41. The highest BCUT2D eigenvalue weighted by molar-refractivity contribution is 5.30. The first-order chi connectivity index (χ1) is 8.84. The van der Waals surface area contributed by atoms with Crippen LogP contribution in [-0.4, -0.2) is 22.2 Å². The Hall–Kier alpha value is -0.860. The molecule has 0 amide bonds. The average Bonchev–Trinajstić information content (AvgIpc) is 2.77. The van der Waals surface area contributed by atoms with Crippen LogP contribution in [0.3, 0.4) is 0 Å². The predicted molar refractivity (Wildman–Crippen MR) is 73.2 cm³/mol. The molecule has 2 heteroatoms. The Morgan fingerprint density at radius 3 is 2.17 bits per heavy atom. The second-order valence-corrected chi connectivity index (χ2v) is 5.80. The summed E-state index contributed by atoms with van der Waals surface area (Å²) in [6.07, 6.45) is 7.12. The molecule has 2 unspecified atom stereocenters. The zero-order valence-corrected chi connectivity index (χ0v) is 11.0. The van der Waals surface area contributed by atoms with Crippen LogP contribution in [-0.2, 0) is 13.1 Å². The molecule has 1 saturated carbocycles. The van der Waals surface area contributed by atoms with Crippen molar-refractivity contribution >= 4 is 0 Å². The third kappa shape index (κ3) is 2.45. The maximum Gasteiger partial charge on any atom is 0.0695 e. The van der Waals surface area contributed by atoms with E-state index in [1.54, 1.807) is 0 Å². The zero-order valence-electron chi connectivity index (χ0n) is 11.0. The van der Waals surface area contributed by atoms with E-state index in [0.29, 0.717) is 6.04 Å². The van der Waals surface area contributed by atoms with Crippen molar-refractivity contribution in [2.24, 2.45) is 0 Å². The van der Waals surface area contributed by atoms with E-state index in [-0.39, 0.29) is 6.10 Å².